The molecule has 0 atom stereocenters. The van der Waals surface area contributed by atoms with Gasteiger partial charge in [0, 0.05) is 10.3 Å². The van der Waals surface area contributed by atoms with Gasteiger partial charge in [0.1, 0.15) is 0 Å². The second kappa shape index (κ2) is 8.13. The summed E-state index contributed by atoms with van der Waals surface area (Å²) in [5.74, 6) is -0.210. The zero-order valence-electron chi connectivity index (χ0n) is 13.6. The van der Waals surface area contributed by atoms with Gasteiger partial charge in [-0.15, -0.1) is 11.3 Å². The van der Waals surface area contributed by atoms with Crippen LogP contribution in [0.1, 0.15) is 10.4 Å². The number of carbonyl (C=O) groups excluding carboxylic acids is 2. The molecular weight excluding hydrogens is 354 g/mol. The van der Waals surface area contributed by atoms with E-state index in [-0.39, 0.29) is 11.7 Å². The number of aryl methyl sites for hydroxylation is 1. The van der Waals surface area contributed by atoms with Gasteiger partial charge in [-0.3, -0.25) is 10.1 Å². The fourth-order valence-electron chi connectivity index (χ4n) is 2.32. The molecule has 1 aromatic carbocycles. The van der Waals surface area contributed by atoms with Crippen LogP contribution in [0, 0.1) is 6.92 Å². The first kappa shape index (κ1) is 17.4. The van der Waals surface area contributed by atoms with Crippen molar-refractivity contribution in [2.75, 3.05) is 5.75 Å². The molecule has 0 bridgehead atoms. The number of benzene rings is 1. The lowest BCUT2D eigenvalue weighted by molar-refractivity contribution is -0.117. The minimum absolute atomic E-state index is 0.136. The number of carbonyl (C=O) groups is 2. The van der Waals surface area contributed by atoms with Gasteiger partial charge >= 0.3 is 6.03 Å². The fourth-order valence-corrected chi connectivity index (χ4v) is 3.74. The normalized spacial score (nSPS) is 10.6. The molecule has 0 fully saturated rings. The number of para-hydroxylation sites is 1. The number of nitrogens with zero attached hydrogens (tertiary/aromatic N) is 1. The predicted octanol–water partition coefficient (Wildman–Crippen LogP) is 3.72. The first-order valence-electron chi connectivity index (χ1n) is 7.71. The van der Waals surface area contributed by atoms with Gasteiger partial charge in [-0.25, -0.2) is 9.78 Å². The quantitative estimate of drug-likeness (QED) is 0.671. The van der Waals surface area contributed by atoms with Gasteiger partial charge in [-0.05, 0) is 36.1 Å². The van der Waals surface area contributed by atoms with Crippen molar-refractivity contribution < 1.29 is 9.59 Å². The van der Waals surface area contributed by atoms with Gasteiger partial charge in [-0.2, -0.15) is 0 Å². The second-order valence-corrected chi connectivity index (χ2v) is 7.42. The number of nitrogens with one attached hydrogen (secondary N) is 2. The molecule has 0 saturated heterocycles. The van der Waals surface area contributed by atoms with Crippen molar-refractivity contribution in [3.63, 3.8) is 0 Å². The van der Waals surface area contributed by atoms with Crippen LogP contribution in [0.15, 0.2) is 52.9 Å². The minimum atomic E-state index is -0.485. The Bertz CT molecular complexity index is 894. The molecule has 0 aliphatic heterocycles. The molecule has 0 saturated carbocycles. The third-order valence-corrected chi connectivity index (χ3v) is 5.29. The van der Waals surface area contributed by atoms with Gasteiger partial charge in [-0.1, -0.05) is 36.0 Å². The fraction of sp³-hybridized carbons (Fsp3) is 0.167. The summed E-state index contributed by atoms with van der Waals surface area (Å²) in [4.78, 5) is 29.2. The number of urea groups is 1. The number of amides is 3. The van der Waals surface area contributed by atoms with Crippen molar-refractivity contribution in [1.82, 2.24) is 15.6 Å². The number of hydrogen-bond acceptors (Lipinski definition) is 5. The van der Waals surface area contributed by atoms with Gasteiger partial charge in [0.25, 0.3) is 0 Å². The van der Waals surface area contributed by atoms with Crippen LogP contribution >= 0.6 is 23.1 Å². The van der Waals surface area contributed by atoms with Crippen LogP contribution in [0.25, 0.3) is 10.9 Å². The van der Waals surface area contributed by atoms with E-state index in [1.54, 1.807) is 11.3 Å². The van der Waals surface area contributed by atoms with Gasteiger partial charge in [0.15, 0.2) is 0 Å². The van der Waals surface area contributed by atoms with Crippen molar-refractivity contribution in [2.24, 2.45) is 0 Å². The van der Waals surface area contributed by atoms with Crippen molar-refractivity contribution in [3.8, 4) is 0 Å². The molecule has 3 amide bonds. The molecule has 25 heavy (non-hydrogen) atoms. The molecule has 128 valence electrons. The van der Waals surface area contributed by atoms with E-state index in [0.29, 0.717) is 6.54 Å². The number of thioether (sulfide) groups is 1. The average molecular weight is 371 g/mol. The smallest absolute Gasteiger partial charge is 0.321 e. The highest BCUT2D eigenvalue weighted by molar-refractivity contribution is 7.99. The van der Waals surface area contributed by atoms with Crippen LogP contribution in [0.2, 0.25) is 0 Å². The third-order valence-electron chi connectivity index (χ3n) is 3.51. The van der Waals surface area contributed by atoms with E-state index >= 15 is 0 Å². The number of imide groups is 1. The molecule has 2 aromatic heterocycles. The Labute approximate surface area is 153 Å². The molecule has 0 aliphatic rings. The van der Waals surface area contributed by atoms with Crippen LogP contribution in [0.4, 0.5) is 4.79 Å². The summed E-state index contributed by atoms with van der Waals surface area (Å²) in [7, 11) is 0. The van der Waals surface area contributed by atoms with E-state index < -0.39 is 6.03 Å². The minimum Gasteiger partial charge on any atom is -0.333 e. The van der Waals surface area contributed by atoms with E-state index in [1.165, 1.54) is 11.8 Å². The van der Waals surface area contributed by atoms with Crippen molar-refractivity contribution in [2.45, 2.75) is 18.5 Å². The maximum Gasteiger partial charge on any atom is 0.321 e. The van der Waals surface area contributed by atoms with Crippen LogP contribution in [0.3, 0.4) is 0 Å². The Kier molecular flexibility index (Phi) is 5.67. The Morgan fingerprint density at radius 1 is 1.20 bits per heavy atom. The molecule has 0 aliphatic carbocycles. The number of hydrogen-bond donors (Lipinski definition) is 2. The first-order chi connectivity index (χ1) is 12.1. The molecule has 0 spiro atoms. The number of aromatic nitrogens is 1. The summed E-state index contributed by atoms with van der Waals surface area (Å²) in [5, 5.41) is 8.80. The third kappa shape index (κ3) is 4.80. The molecule has 3 aromatic rings. The van der Waals surface area contributed by atoms with Crippen LogP contribution in [0.5, 0.6) is 0 Å². The predicted molar refractivity (Wildman–Crippen MR) is 102 cm³/mol. The number of thiophene rings is 1. The first-order valence-corrected chi connectivity index (χ1v) is 9.57. The molecule has 3 rings (SSSR count). The lowest BCUT2D eigenvalue weighted by atomic mass is 10.1. The van der Waals surface area contributed by atoms with E-state index in [2.05, 4.69) is 15.6 Å². The lowest BCUT2D eigenvalue weighted by Gasteiger charge is -2.07. The SMILES string of the molecule is Cc1cc(SCC(=O)NC(=O)NCc2cccs2)nc2ccccc12. The van der Waals surface area contributed by atoms with Crippen LogP contribution in [-0.4, -0.2) is 22.7 Å². The monoisotopic (exact) mass is 371 g/mol. The lowest BCUT2D eigenvalue weighted by Crippen LogP contribution is -2.39. The standard InChI is InChI=1S/C18H17N3O2S2/c1-12-9-17(20-15-7-3-2-6-14(12)15)25-11-16(22)21-18(23)19-10-13-5-4-8-24-13/h2-9H,10-11H2,1H3,(H2,19,21,22,23). The summed E-state index contributed by atoms with van der Waals surface area (Å²) >= 11 is 2.87. The van der Waals surface area contributed by atoms with Gasteiger partial charge in [0.05, 0.1) is 22.8 Å². The van der Waals surface area contributed by atoms with Gasteiger partial charge < -0.3 is 5.32 Å². The highest BCUT2D eigenvalue weighted by atomic mass is 32.2. The molecular formula is C18H17N3O2S2. The number of pyridine rings is 1. The summed E-state index contributed by atoms with van der Waals surface area (Å²) in [6.07, 6.45) is 0. The molecule has 0 unspecified atom stereocenters. The van der Waals surface area contributed by atoms with Crippen molar-refractivity contribution in [1.29, 1.82) is 0 Å². The van der Waals surface area contributed by atoms with E-state index in [1.807, 2.05) is 54.8 Å². The average Bonchev–Trinajstić information content (AvgIpc) is 3.12. The zero-order chi connectivity index (χ0) is 17.6. The molecule has 0 radical (unpaired) electrons. The molecule has 2 heterocycles. The number of fused-ring (bicyclic) bond motifs is 1. The summed E-state index contributed by atoms with van der Waals surface area (Å²) < 4.78 is 0. The van der Waals surface area contributed by atoms with Crippen molar-refractivity contribution >= 4 is 45.9 Å². The Morgan fingerprint density at radius 2 is 2.04 bits per heavy atom. The topological polar surface area (TPSA) is 71.1 Å². The van der Waals surface area contributed by atoms with E-state index in [9.17, 15) is 9.59 Å². The zero-order valence-corrected chi connectivity index (χ0v) is 15.2. The molecule has 7 heteroatoms. The Balaban J connectivity index is 1.51. The van der Waals surface area contributed by atoms with Crippen molar-refractivity contribution in [3.05, 3.63) is 58.3 Å². The summed E-state index contributed by atoms with van der Waals surface area (Å²) in [6, 6.07) is 13.2. The summed E-state index contributed by atoms with van der Waals surface area (Å²) in [5.41, 5.74) is 2.02. The highest BCUT2D eigenvalue weighted by Gasteiger charge is 2.10. The largest absolute Gasteiger partial charge is 0.333 e. The maximum atomic E-state index is 11.9. The highest BCUT2D eigenvalue weighted by Crippen LogP contribution is 2.23. The molecule has 2 N–H and O–H groups in total. The Hall–Kier alpha value is -2.38. The van der Waals surface area contributed by atoms with E-state index in [0.717, 1.165) is 26.4 Å². The van der Waals surface area contributed by atoms with Crippen LogP contribution < -0.4 is 10.6 Å². The molecule has 5 nitrogen and oxygen atoms in total. The van der Waals surface area contributed by atoms with Gasteiger partial charge in [0.2, 0.25) is 5.91 Å². The Morgan fingerprint density at radius 3 is 2.84 bits per heavy atom. The van der Waals surface area contributed by atoms with Crippen LogP contribution in [-0.2, 0) is 11.3 Å². The second-order valence-electron chi connectivity index (χ2n) is 5.39. The van der Waals surface area contributed by atoms with E-state index in [4.69, 9.17) is 0 Å². The maximum absolute atomic E-state index is 11.9. The summed E-state index contributed by atoms with van der Waals surface area (Å²) in [6.45, 7) is 2.43. The number of rotatable bonds is 5.